The molecule has 0 spiro atoms. The molecular formula is C19H18ClN3O. The van der Waals surface area contributed by atoms with Gasteiger partial charge in [-0.1, -0.05) is 23.7 Å². The van der Waals surface area contributed by atoms with E-state index in [2.05, 4.69) is 9.97 Å². The second-order valence-corrected chi connectivity index (χ2v) is 6.61. The number of hydrogen-bond acceptors (Lipinski definition) is 2. The quantitative estimate of drug-likeness (QED) is 0.746. The van der Waals surface area contributed by atoms with E-state index in [-0.39, 0.29) is 5.91 Å². The van der Waals surface area contributed by atoms with Gasteiger partial charge in [0.15, 0.2) is 0 Å². The van der Waals surface area contributed by atoms with Gasteiger partial charge in [-0.15, -0.1) is 0 Å². The third kappa shape index (κ3) is 2.89. The van der Waals surface area contributed by atoms with E-state index in [1.807, 2.05) is 47.4 Å². The van der Waals surface area contributed by atoms with Gasteiger partial charge in [0.2, 0.25) is 0 Å². The van der Waals surface area contributed by atoms with Crippen molar-refractivity contribution in [1.29, 1.82) is 0 Å². The smallest absolute Gasteiger partial charge is 0.253 e. The summed E-state index contributed by atoms with van der Waals surface area (Å²) in [6, 6.07) is 13.2. The second kappa shape index (κ2) is 6.29. The number of fused-ring (bicyclic) bond motifs is 1. The third-order valence-corrected chi connectivity index (χ3v) is 4.73. The Hall–Kier alpha value is -2.33. The average molecular weight is 340 g/mol. The Morgan fingerprint density at radius 1 is 1.04 bits per heavy atom. The fourth-order valence-corrected chi connectivity index (χ4v) is 3.34. The molecule has 1 aliphatic heterocycles. The zero-order valence-corrected chi connectivity index (χ0v) is 14.0. The minimum atomic E-state index is 0.123. The highest BCUT2D eigenvalue weighted by Crippen LogP contribution is 2.23. The van der Waals surface area contributed by atoms with Crippen molar-refractivity contribution in [1.82, 2.24) is 14.9 Å². The molecule has 0 radical (unpaired) electrons. The van der Waals surface area contributed by atoms with Crippen LogP contribution in [0.25, 0.3) is 22.4 Å². The van der Waals surface area contributed by atoms with Crippen LogP contribution < -0.4 is 0 Å². The van der Waals surface area contributed by atoms with Crippen molar-refractivity contribution in [3.8, 4) is 11.4 Å². The number of aromatic amines is 1. The summed E-state index contributed by atoms with van der Waals surface area (Å²) in [7, 11) is 0. The SMILES string of the molecule is O=C(c1ccc(-c2nc3ccc(Cl)cc3[nH]2)cc1)N1CCCCC1. The first-order valence-electron chi connectivity index (χ1n) is 8.26. The van der Waals surface area contributed by atoms with Gasteiger partial charge >= 0.3 is 0 Å². The van der Waals surface area contributed by atoms with E-state index in [4.69, 9.17) is 11.6 Å². The molecule has 0 saturated carbocycles. The van der Waals surface area contributed by atoms with E-state index < -0.39 is 0 Å². The summed E-state index contributed by atoms with van der Waals surface area (Å²) >= 11 is 6.01. The average Bonchev–Trinajstić information content (AvgIpc) is 3.05. The van der Waals surface area contributed by atoms with Crippen LogP contribution in [0.5, 0.6) is 0 Å². The molecule has 5 heteroatoms. The standard InChI is InChI=1S/C19H18ClN3O/c20-15-8-9-16-17(12-15)22-18(21-16)13-4-6-14(7-5-13)19(24)23-10-2-1-3-11-23/h4-9,12H,1-3,10-11H2,(H,21,22). The summed E-state index contributed by atoms with van der Waals surface area (Å²) in [5, 5.41) is 0.681. The van der Waals surface area contributed by atoms with Crippen LogP contribution in [-0.4, -0.2) is 33.9 Å². The molecule has 3 aromatic rings. The molecule has 1 N–H and O–H groups in total. The van der Waals surface area contributed by atoms with Crippen molar-refractivity contribution in [2.45, 2.75) is 19.3 Å². The van der Waals surface area contributed by atoms with Crippen molar-refractivity contribution in [3.63, 3.8) is 0 Å². The molecule has 4 rings (SSSR count). The lowest BCUT2D eigenvalue weighted by atomic mass is 10.1. The molecule has 0 unspecified atom stereocenters. The number of benzene rings is 2. The summed E-state index contributed by atoms with van der Waals surface area (Å²) < 4.78 is 0. The van der Waals surface area contributed by atoms with E-state index in [9.17, 15) is 4.79 Å². The van der Waals surface area contributed by atoms with Gasteiger partial charge in [0, 0.05) is 29.2 Å². The lowest BCUT2D eigenvalue weighted by molar-refractivity contribution is 0.0724. The van der Waals surface area contributed by atoms with E-state index in [1.54, 1.807) is 0 Å². The van der Waals surface area contributed by atoms with Crippen LogP contribution in [0.2, 0.25) is 5.02 Å². The first-order valence-corrected chi connectivity index (χ1v) is 8.63. The molecule has 1 amide bonds. The Bertz CT molecular complexity index is 879. The van der Waals surface area contributed by atoms with Gasteiger partial charge in [-0.05, 0) is 49.6 Å². The van der Waals surface area contributed by atoms with Crippen molar-refractivity contribution >= 4 is 28.5 Å². The van der Waals surface area contributed by atoms with Crippen molar-refractivity contribution in [3.05, 3.63) is 53.1 Å². The monoisotopic (exact) mass is 339 g/mol. The maximum Gasteiger partial charge on any atom is 0.253 e. The molecule has 0 bridgehead atoms. The van der Waals surface area contributed by atoms with Crippen LogP contribution >= 0.6 is 11.6 Å². The van der Waals surface area contributed by atoms with E-state index >= 15 is 0 Å². The number of carbonyl (C=O) groups excluding carboxylic acids is 1. The zero-order valence-electron chi connectivity index (χ0n) is 13.3. The normalized spacial score (nSPS) is 15.0. The fourth-order valence-electron chi connectivity index (χ4n) is 3.17. The molecule has 1 saturated heterocycles. The fraction of sp³-hybridized carbons (Fsp3) is 0.263. The highest BCUT2D eigenvalue weighted by molar-refractivity contribution is 6.31. The number of carbonyl (C=O) groups is 1. The van der Waals surface area contributed by atoms with Crippen molar-refractivity contribution in [2.75, 3.05) is 13.1 Å². The molecule has 122 valence electrons. The molecule has 0 aliphatic carbocycles. The van der Waals surface area contributed by atoms with Crippen LogP contribution in [0.3, 0.4) is 0 Å². The minimum absolute atomic E-state index is 0.123. The molecular weight excluding hydrogens is 322 g/mol. The van der Waals surface area contributed by atoms with Gasteiger partial charge in [0.1, 0.15) is 5.82 Å². The molecule has 1 aromatic heterocycles. The topological polar surface area (TPSA) is 49.0 Å². The summed E-state index contributed by atoms with van der Waals surface area (Å²) in [6.45, 7) is 1.73. The zero-order chi connectivity index (χ0) is 16.5. The molecule has 4 nitrogen and oxygen atoms in total. The van der Waals surface area contributed by atoms with Gasteiger partial charge in [0.25, 0.3) is 5.91 Å². The van der Waals surface area contributed by atoms with E-state index in [0.29, 0.717) is 5.02 Å². The number of likely N-dealkylation sites (tertiary alicyclic amines) is 1. The Morgan fingerprint density at radius 3 is 2.54 bits per heavy atom. The Morgan fingerprint density at radius 2 is 1.79 bits per heavy atom. The number of imidazole rings is 1. The second-order valence-electron chi connectivity index (χ2n) is 6.18. The Kier molecular flexibility index (Phi) is 3.98. The van der Waals surface area contributed by atoms with Gasteiger partial charge < -0.3 is 9.88 Å². The lowest BCUT2D eigenvalue weighted by Crippen LogP contribution is -2.35. The summed E-state index contributed by atoms with van der Waals surface area (Å²) in [5.41, 5.74) is 3.48. The van der Waals surface area contributed by atoms with Gasteiger partial charge in [-0.2, -0.15) is 0 Å². The summed E-state index contributed by atoms with van der Waals surface area (Å²) in [6.07, 6.45) is 3.43. The number of amides is 1. The Balaban J connectivity index is 1.59. The van der Waals surface area contributed by atoms with Crippen LogP contribution in [-0.2, 0) is 0 Å². The Labute approximate surface area is 145 Å². The first kappa shape index (κ1) is 15.2. The van der Waals surface area contributed by atoms with Crippen LogP contribution in [0, 0.1) is 0 Å². The van der Waals surface area contributed by atoms with Crippen LogP contribution in [0.1, 0.15) is 29.6 Å². The molecule has 0 atom stereocenters. The van der Waals surface area contributed by atoms with Gasteiger partial charge in [-0.25, -0.2) is 4.98 Å². The maximum atomic E-state index is 12.5. The minimum Gasteiger partial charge on any atom is -0.339 e. The number of piperidine rings is 1. The summed E-state index contributed by atoms with van der Waals surface area (Å²) in [5.74, 6) is 0.905. The van der Waals surface area contributed by atoms with Gasteiger partial charge in [0.05, 0.1) is 11.0 Å². The molecule has 2 heterocycles. The van der Waals surface area contributed by atoms with Crippen LogP contribution in [0.15, 0.2) is 42.5 Å². The molecule has 24 heavy (non-hydrogen) atoms. The number of aromatic nitrogens is 2. The number of nitrogens with one attached hydrogen (secondary N) is 1. The van der Waals surface area contributed by atoms with E-state index in [0.717, 1.165) is 53.9 Å². The third-order valence-electron chi connectivity index (χ3n) is 4.49. The number of hydrogen-bond donors (Lipinski definition) is 1. The van der Waals surface area contributed by atoms with Gasteiger partial charge in [-0.3, -0.25) is 4.79 Å². The number of halogens is 1. The van der Waals surface area contributed by atoms with Crippen molar-refractivity contribution < 1.29 is 4.79 Å². The predicted molar refractivity (Wildman–Crippen MR) is 96.3 cm³/mol. The van der Waals surface area contributed by atoms with Crippen LogP contribution in [0.4, 0.5) is 0 Å². The predicted octanol–water partition coefficient (Wildman–Crippen LogP) is 4.51. The lowest BCUT2D eigenvalue weighted by Gasteiger charge is -2.26. The molecule has 2 aromatic carbocycles. The van der Waals surface area contributed by atoms with Crippen molar-refractivity contribution in [2.24, 2.45) is 0 Å². The van der Waals surface area contributed by atoms with E-state index in [1.165, 1.54) is 6.42 Å². The highest BCUT2D eigenvalue weighted by atomic mass is 35.5. The number of H-pyrrole nitrogens is 1. The highest BCUT2D eigenvalue weighted by Gasteiger charge is 2.18. The maximum absolute atomic E-state index is 12.5. The first-order chi connectivity index (χ1) is 11.7. The largest absolute Gasteiger partial charge is 0.339 e. The number of rotatable bonds is 2. The molecule has 1 aliphatic rings. The summed E-state index contributed by atoms with van der Waals surface area (Å²) in [4.78, 5) is 22.3. The number of nitrogens with zero attached hydrogens (tertiary/aromatic N) is 2. The molecule has 1 fully saturated rings.